The van der Waals surface area contributed by atoms with Crippen molar-refractivity contribution in [3.63, 3.8) is 0 Å². The number of rotatable bonds is 5. The number of ketones is 1. The molecule has 1 N–H and O–H groups in total. The lowest BCUT2D eigenvalue weighted by Crippen LogP contribution is -2.17. The number of fused-ring (bicyclic) bond motifs is 1. The molecule has 1 aromatic heterocycles. The molecule has 0 atom stereocenters. The van der Waals surface area contributed by atoms with Crippen molar-refractivity contribution in [2.75, 3.05) is 7.05 Å². The van der Waals surface area contributed by atoms with Gasteiger partial charge in [-0.3, -0.25) is 14.7 Å². The Morgan fingerprint density at radius 1 is 1.04 bits per heavy atom. The quantitative estimate of drug-likeness (QED) is 0.685. The van der Waals surface area contributed by atoms with Gasteiger partial charge in [-0.05, 0) is 48.5 Å². The fourth-order valence-electron chi connectivity index (χ4n) is 3.28. The molecule has 0 saturated heterocycles. The zero-order chi connectivity index (χ0) is 19.5. The molecule has 0 radical (unpaired) electrons. The number of aromatic nitrogens is 1. The number of aromatic hydroxyl groups is 1. The van der Waals surface area contributed by atoms with Crippen molar-refractivity contribution in [3.8, 4) is 11.5 Å². The van der Waals surface area contributed by atoms with E-state index in [1.807, 2.05) is 25.2 Å². The number of phenols is 1. The number of pyridine rings is 1. The lowest BCUT2D eigenvalue weighted by atomic mass is 10.0. The minimum absolute atomic E-state index is 0.122. The normalized spacial score (nSPS) is 14.4. The topological polar surface area (TPSA) is 62.7 Å². The van der Waals surface area contributed by atoms with Crippen molar-refractivity contribution in [2.24, 2.45) is 0 Å². The largest absolute Gasteiger partial charge is 0.507 e. The third kappa shape index (κ3) is 3.66. The first kappa shape index (κ1) is 17.9. The molecule has 2 heterocycles. The molecule has 1 aliphatic rings. The lowest BCUT2D eigenvalue weighted by molar-refractivity contribution is 0.101. The first-order valence-corrected chi connectivity index (χ1v) is 9.03. The Hall–Kier alpha value is -3.44. The summed E-state index contributed by atoms with van der Waals surface area (Å²) < 4.78 is 5.89. The van der Waals surface area contributed by atoms with E-state index in [0.717, 1.165) is 12.1 Å². The van der Waals surface area contributed by atoms with E-state index in [1.54, 1.807) is 42.7 Å². The first-order valence-electron chi connectivity index (χ1n) is 9.03. The smallest absolute Gasteiger partial charge is 0.231 e. The van der Waals surface area contributed by atoms with Crippen LogP contribution in [0.5, 0.6) is 11.5 Å². The van der Waals surface area contributed by atoms with Crippen molar-refractivity contribution >= 4 is 11.9 Å². The summed E-state index contributed by atoms with van der Waals surface area (Å²) in [5, 5.41) is 10.4. The SMILES string of the molecule is CN(Cc1ccccc1)Cc1c(O)ccc2c1O/C(=C\c1ccncc1)C2=O. The highest BCUT2D eigenvalue weighted by Gasteiger charge is 2.31. The standard InChI is InChI=1S/C23H20N2O3/c1-25(14-17-5-3-2-4-6-17)15-19-20(26)8-7-18-22(27)21(28-23(18)19)13-16-9-11-24-12-10-16/h2-13,26H,14-15H2,1H3/b21-13-. The number of carbonyl (C=O) groups excluding carboxylic acids is 1. The van der Waals surface area contributed by atoms with Crippen molar-refractivity contribution < 1.29 is 14.6 Å². The molecule has 0 unspecified atom stereocenters. The molecule has 5 nitrogen and oxygen atoms in total. The highest BCUT2D eigenvalue weighted by atomic mass is 16.5. The number of hydrogen-bond acceptors (Lipinski definition) is 5. The van der Waals surface area contributed by atoms with E-state index in [9.17, 15) is 9.90 Å². The third-order valence-electron chi connectivity index (χ3n) is 4.64. The maximum Gasteiger partial charge on any atom is 0.231 e. The van der Waals surface area contributed by atoms with Crippen molar-refractivity contribution in [1.29, 1.82) is 0 Å². The molecular weight excluding hydrogens is 352 g/mol. The maximum absolute atomic E-state index is 12.7. The Kier molecular flexibility index (Phi) is 4.91. The molecule has 28 heavy (non-hydrogen) atoms. The van der Waals surface area contributed by atoms with Crippen molar-refractivity contribution in [1.82, 2.24) is 9.88 Å². The molecule has 2 aromatic carbocycles. The van der Waals surface area contributed by atoms with Gasteiger partial charge in [-0.25, -0.2) is 0 Å². The number of ether oxygens (including phenoxy) is 1. The second-order valence-corrected chi connectivity index (χ2v) is 6.82. The first-order chi connectivity index (χ1) is 13.6. The zero-order valence-electron chi connectivity index (χ0n) is 15.5. The van der Waals surface area contributed by atoms with Gasteiger partial charge in [0.2, 0.25) is 5.78 Å². The van der Waals surface area contributed by atoms with Crippen LogP contribution >= 0.6 is 0 Å². The van der Waals surface area contributed by atoms with Gasteiger partial charge in [0, 0.05) is 25.5 Å². The van der Waals surface area contributed by atoms with E-state index in [1.165, 1.54) is 5.56 Å². The van der Waals surface area contributed by atoms with Crippen LogP contribution in [0.25, 0.3) is 6.08 Å². The summed E-state index contributed by atoms with van der Waals surface area (Å²) in [5.74, 6) is 0.624. The summed E-state index contributed by atoms with van der Waals surface area (Å²) in [6, 6.07) is 16.9. The number of carbonyl (C=O) groups is 1. The van der Waals surface area contributed by atoms with Crippen LogP contribution in [0, 0.1) is 0 Å². The van der Waals surface area contributed by atoms with Crippen molar-refractivity contribution in [2.45, 2.75) is 13.1 Å². The summed E-state index contributed by atoms with van der Waals surface area (Å²) in [5.41, 5.74) is 3.09. The Morgan fingerprint density at radius 3 is 2.54 bits per heavy atom. The molecular formula is C23H20N2O3. The second-order valence-electron chi connectivity index (χ2n) is 6.82. The van der Waals surface area contributed by atoms with Gasteiger partial charge >= 0.3 is 0 Å². The third-order valence-corrected chi connectivity index (χ3v) is 4.64. The van der Waals surface area contributed by atoms with Gasteiger partial charge in [-0.2, -0.15) is 0 Å². The average Bonchev–Trinajstić information content (AvgIpc) is 3.01. The monoisotopic (exact) mass is 372 g/mol. The minimum Gasteiger partial charge on any atom is -0.507 e. The molecule has 0 fully saturated rings. The molecule has 4 rings (SSSR count). The minimum atomic E-state index is -0.182. The van der Waals surface area contributed by atoms with Gasteiger partial charge in [0.15, 0.2) is 5.76 Å². The predicted molar refractivity (Wildman–Crippen MR) is 107 cm³/mol. The number of benzene rings is 2. The van der Waals surface area contributed by atoms with Gasteiger partial charge in [0.1, 0.15) is 11.5 Å². The van der Waals surface area contributed by atoms with E-state index >= 15 is 0 Å². The van der Waals surface area contributed by atoms with Crippen LogP contribution in [0.4, 0.5) is 0 Å². The maximum atomic E-state index is 12.7. The predicted octanol–water partition coefficient (Wildman–Crippen LogP) is 4.04. The van der Waals surface area contributed by atoms with Crippen molar-refractivity contribution in [3.05, 3.63) is 95.0 Å². The molecule has 3 aromatic rings. The van der Waals surface area contributed by atoms with Gasteiger partial charge in [0.25, 0.3) is 0 Å². The number of phenolic OH excluding ortho intramolecular Hbond substituents is 1. The molecule has 0 saturated carbocycles. The summed E-state index contributed by atoms with van der Waals surface area (Å²) in [6.45, 7) is 1.18. The summed E-state index contributed by atoms with van der Waals surface area (Å²) in [6.07, 6.45) is 5.02. The molecule has 0 aliphatic carbocycles. The van der Waals surface area contributed by atoms with E-state index in [2.05, 4.69) is 22.0 Å². The summed E-state index contributed by atoms with van der Waals surface area (Å²) >= 11 is 0. The van der Waals surface area contributed by atoms with Gasteiger partial charge in [-0.1, -0.05) is 30.3 Å². The number of nitrogens with zero attached hydrogens (tertiary/aromatic N) is 2. The lowest BCUT2D eigenvalue weighted by Gasteiger charge is -2.19. The van der Waals surface area contributed by atoms with Crippen LogP contribution in [0.2, 0.25) is 0 Å². The Morgan fingerprint density at radius 2 is 1.79 bits per heavy atom. The van der Waals surface area contributed by atoms with E-state index < -0.39 is 0 Å². The molecule has 5 heteroatoms. The number of allylic oxidation sites excluding steroid dienone is 1. The Bertz CT molecular complexity index is 1030. The average molecular weight is 372 g/mol. The van der Waals surface area contributed by atoms with Gasteiger partial charge in [-0.15, -0.1) is 0 Å². The molecule has 0 amide bonds. The van der Waals surface area contributed by atoms with Crippen LogP contribution in [-0.2, 0) is 13.1 Å². The molecule has 140 valence electrons. The van der Waals surface area contributed by atoms with E-state index in [0.29, 0.717) is 23.4 Å². The highest BCUT2D eigenvalue weighted by molar-refractivity contribution is 6.14. The second kappa shape index (κ2) is 7.66. The molecule has 1 aliphatic heterocycles. The fraction of sp³-hybridized carbons (Fsp3) is 0.130. The van der Waals surface area contributed by atoms with Crippen LogP contribution in [0.15, 0.2) is 72.8 Å². The number of hydrogen-bond donors (Lipinski definition) is 1. The van der Waals surface area contributed by atoms with E-state index in [4.69, 9.17) is 4.74 Å². The van der Waals surface area contributed by atoms with Crippen LogP contribution in [0.3, 0.4) is 0 Å². The van der Waals surface area contributed by atoms with Crippen LogP contribution in [0.1, 0.15) is 27.0 Å². The molecule has 0 bridgehead atoms. The highest BCUT2D eigenvalue weighted by Crippen LogP contribution is 2.40. The van der Waals surface area contributed by atoms with Crippen LogP contribution < -0.4 is 4.74 Å². The Balaban J connectivity index is 1.60. The van der Waals surface area contributed by atoms with Crippen LogP contribution in [-0.4, -0.2) is 27.8 Å². The van der Waals surface area contributed by atoms with Gasteiger partial charge < -0.3 is 9.84 Å². The Labute approximate surface area is 163 Å². The fourth-order valence-corrected chi connectivity index (χ4v) is 3.28. The summed E-state index contributed by atoms with van der Waals surface area (Å²) in [7, 11) is 1.97. The zero-order valence-corrected chi connectivity index (χ0v) is 15.5. The van der Waals surface area contributed by atoms with E-state index in [-0.39, 0.29) is 17.3 Å². The van der Waals surface area contributed by atoms with Gasteiger partial charge in [0.05, 0.1) is 11.1 Å². The molecule has 0 spiro atoms. The summed E-state index contributed by atoms with van der Waals surface area (Å²) in [4.78, 5) is 18.8. The number of Topliss-reactive ketones (excluding diaryl/α,β-unsaturated/α-hetero) is 1.